The molecule has 0 aromatic carbocycles. The zero-order chi connectivity index (χ0) is 16.2. The summed E-state index contributed by atoms with van der Waals surface area (Å²) in [4.78, 5) is 26.5. The van der Waals surface area contributed by atoms with E-state index in [4.69, 9.17) is 16.3 Å². The Balaban J connectivity index is 3.55. The van der Waals surface area contributed by atoms with Crippen LogP contribution in [-0.4, -0.2) is 28.5 Å². The maximum absolute atomic E-state index is 12.1. The van der Waals surface area contributed by atoms with Crippen LogP contribution >= 0.6 is 11.6 Å². The third-order valence-corrected chi connectivity index (χ3v) is 3.24. The molecule has 1 N–H and O–H groups in total. The van der Waals surface area contributed by atoms with Crippen LogP contribution in [0.4, 0.5) is 11.4 Å². The number of aryl methyl sites for hydroxylation is 1. The number of nitrogens with one attached hydrogen (secondary N) is 1. The van der Waals surface area contributed by atoms with Crippen molar-refractivity contribution in [1.82, 2.24) is 4.98 Å². The summed E-state index contributed by atoms with van der Waals surface area (Å²) in [5.74, 6) is -0.659. The maximum atomic E-state index is 12.1. The van der Waals surface area contributed by atoms with Crippen molar-refractivity contribution in [2.45, 2.75) is 40.2 Å². The van der Waals surface area contributed by atoms with Crippen LogP contribution in [-0.2, 0) is 4.74 Å². The van der Waals surface area contributed by atoms with E-state index in [0.717, 1.165) is 6.42 Å². The first-order valence-electron chi connectivity index (χ1n) is 6.61. The lowest BCUT2D eigenvalue weighted by molar-refractivity contribution is -0.384. The van der Waals surface area contributed by atoms with Crippen molar-refractivity contribution < 1.29 is 14.5 Å². The smallest absolute Gasteiger partial charge is 0.342 e. The minimum atomic E-state index is -0.659. The molecule has 21 heavy (non-hydrogen) atoms. The predicted molar refractivity (Wildman–Crippen MR) is 80.0 cm³/mol. The van der Waals surface area contributed by atoms with Gasteiger partial charge >= 0.3 is 11.7 Å². The number of halogens is 1. The minimum absolute atomic E-state index is 0.0493. The van der Waals surface area contributed by atoms with E-state index in [0.29, 0.717) is 0 Å². The van der Waals surface area contributed by atoms with Crippen LogP contribution in [0.1, 0.15) is 43.2 Å². The summed E-state index contributed by atoms with van der Waals surface area (Å²) in [7, 11) is 0. The Morgan fingerprint density at radius 1 is 1.52 bits per heavy atom. The molecule has 1 aromatic heterocycles. The van der Waals surface area contributed by atoms with Crippen molar-refractivity contribution in [3.8, 4) is 0 Å². The van der Waals surface area contributed by atoms with Crippen molar-refractivity contribution in [2.24, 2.45) is 0 Å². The third kappa shape index (κ3) is 3.81. The van der Waals surface area contributed by atoms with Gasteiger partial charge in [-0.15, -0.1) is 0 Å². The number of aromatic nitrogens is 1. The van der Waals surface area contributed by atoms with Gasteiger partial charge in [-0.25, -0.2) is 9.78 Å². The molecule has 1 atom stereocenters. The molecule has 7 nitrogen and oxygen atoms in total. The zero-order valence-electron chi connectivity index (χ0n) is 12.4. The van der Waals surface area contributed by atoms with Gasteiger partial charge in [0.05, 0.1) is 17.2 Å². The van der Waals surface area contributed by atoms with Crippen LogP contribution in [0.5, 0.6) is 0 Å². The number of nitrogens with zero attached hydrogens (tertiary/aromatic N) is 2. The molecule has 1 aromatic rings. The fourth-order valence-electron chi connectivity index (χ4n) is 1.77. The molecule has 0 radical (unpaired) electrons. The fourth-order valence-corrected chi connectivity index (χ4v) is 2.06. The van der Waals surface area contributed by atoms with E-state index in [9.17, 15) is 14.9 Å². The van der Waals surface area contributed by atoms with Crippen molar-refractivity contribution >= 4 is 28.9 Å². The predicted octanol–water partition coefficient (Wildman–Crippen LogP) is 3.34. The van der Waals surface area contributed by atoms with E-state index in [-0.39, 0.29) is 34.7 Å². The number of hydrogen-bond acceptors (Lipinski definition) is 6. The van der Waals surface area contributed by atoms with Crippen LogP contribution < -0.4 is 5.32 Å². The number of carbonyl (C=O) groups is 1. The van der Waals surface area contributed by atoms with Crippen molar-refractivity contribution in [1.29, 1.82) is 0 Å². The fraction of sp³-hybridized carbons (Fsp3) is 0.538. The summed E-state index contributed by atoms with van der Waals surface area (Å²) >= 11 is 5.87. The van der Waals surface area contributed by atoms with Crippen LogP contribution in [0.15, 0.2) is 0 Å². The molecule has 1 heterocycles. The molecule has 0 aliphatic heterocycles. The maximum Gasteiger partial charge on any atom is 0.342 e. The molecular weight excluding hydrogens is 298 g/mol. The molecule has 0 bridgehead atoms. The Bertz CT molecular complexity index is 563. The number of nitro groups is 1. The molecular formula is C13H18ClN3O4. The number of esters is 1. The molecule has 1 rings (SSSR count). The van der Waals surface area contributed by atoms with Crippen LogP contribution in [0.25, 0.3) is 0 Å². The average Bonchev–Trinajstić information content (AvgIpc) is 2.37. The number of ether oxygens (including phenoxy) is 1. The summed E-state index contributed by atoms with van der Waals surface area (Å²) in [6, 6.07) is -0.0743. The molecule has 0 amide bonds. The van der Waals surface area contributed by atoms with Gasteiger partial charge in [0.15, 0.2) is 0 Å². The topological polar surface area (TPSA) is 94.4 Å². The first-order chi connectivity index (χ1) is 9.83. The second-order valence-electron chi connectivity index (χ2n) is 4.52. The van der Waals surface area contributed by atoms with Crippen LogP contribution in [0.3, 0.4) is 0 Å². The van der Waals surface area contributed by atoms with Gasteiger partial charge in [0, 0.05) is 6.04 Å². The van der Waals surface area contributed by atoms with Gasteiger partial charge in [-0.2, -0.15) is 0 Å². The molecule has 116 valence electrons. The van der Waals surface area contributed by atoms with E-state index in [2.05, 4.69) is 10.3 Å². The number of anilines is 1. The highest BCUT2D eigenvalue weighted by molar-refractivity contribution is 6.32. The highest BCUT2D eigenvalue weighted by Gasteiger charge is 2.30. The number of hydrogen-bond donors (Lipinski definition) is 1. The Morgan fingerprint density at radius 3 is 2.62 bits per heavy atom. The summed E-state index contributed by atoms with van der Waals surface area (Å²) in [6.45, 7) is 7.15. The van der Waals surface area contributed by atoms with Gasteiger partial charge in [0.2, 0.25) is 5.15 Å². The average molecular weight is 316 g/mol. The molecule has 1 unspecified atom stereocenters. The quantitative estimate of drug-likeness (QED) is 0.374. The lowest BCUT2D eigenvalue weighted by Gasteiger charge is -2.17. The Hall–Kier alpha value is -1.89. The standard InChI is InChI=1S/C13H18ClN3O4/c1-5-7(3)15-10-9(13(18)21-6-2)8(4)16-12(14)11(10)17(19)20/h7H,5-6H2,1-4H3,(H,15,16). The molecule has 8 heteroatoms. The van der Waals surface area contributed by atoms with E-state index < -0.39 is 16.6 Å². The first-order valence-corrected chi connectivity index (χ1v) is 6.99. The molecule has 0 aliphatic rings. The Morgan fingerprint density at radius 2 is 2.14 bits per heavy atom. The molecule has 0 aliphatic carbocycles. The molecule has 0 saturated carbocycles. The van der Waals surface area contributed by atoms with Gasteiger partial charge in [-0.1, -0.05) is 18.5 Å². The van der Waals surface area contributed by atoms with Crippen molar-refractivity contribution in [3.63, 3.8) is 0 Å². The van der Waals surface area contributed by atoms with Gasteiger partial charge < -0.3 is 10.1 Å². The van der Waals surface area contributed by atoms with Gasteiger partial charge in [0.1, 0.15) is 11.3 Å². The second-order valence-corrected chi connectivity index (χ2v) is 4.88. The van der Waals surface area contributed by atoms with Crippen LogP contribution in [0, 0.1) is 17.0 Å². The number of carbonyl (C=O) groups excluding carboxylic acids is 1. The summed E-state index contributed by atoms with van der Waals surface area (Å²) in [5, 5.41) is 14.0. The van der Waals surface area contributed by atoms with Gasteiger partial charge in [-0.05, 0) is 27.2 Å². The highest BCUT2D eigenvalue weighted by Crippen LogP contribution is 2.36. The zero-order valence-corrected chi connectivity index (χ0v) is 13.2. The SMILES string of the molecule is CCOC(=O)c1c(C)nc(Cl)c([N+](=O)[O-])c1NC(C)CC. The summed E-state index contributed by atoms with van der Waals surface area (Å²) < 4.78 is 4.95. The molecule has 0 spiro atoms. The van der Waals surface area contributed by atoms with Crippen LogP contribution in [0.2, 0.25) is 5.15 Å². The molecule has 0 fully saturated rings. The lowest BCUT2D eigenvalue weighted by Crippen LogP contribution is -2.20. The summed E-state index contributed by atoms with van der Waals surface area (Å²) in [5.41, 5.74) is -0.0148. The Kier molecular flexibility index (Phi) is 5.90. The Labute approximate surface area is 127 Å². The number of pyridine rings is 1. The minimum Gasteiger partial charge on any atom is -0.462 e. The highest BCUT2D eigenvalue weighted by atomic mass is 35.5. The monoisotopic (exact) mass is 315 g/mol. The first kappa shape index (κ1) is 17.2. The van der Waals surface area contributed by atoms with E-state index in [1.165, 1.54) is 0 Å². The third-order valence-electron chi connectivity index (χ3n) is 2.98. The molecule has 0 saturated heterocycles. The van der Waals surface area contributed by atoms with E-state index in [1.807, 2.05) is 13.8 Å². The van der Waals surface area contributed by atoms with Gasteiger partial charge in [0.25, 0.3) is 0 Å². The second kappa shape index (κ2) is 7.21. The van der Waals surface area contributed by atoms with Gasteiger partial charge in [-0.3, -0.25) is 10.1 Å². The largest absolute Gasteiger partial charge is 0.462 e. The summed E-state index contributed by atoms with van der Waals surface area (Å²) in [6.07, 6.45) is 0.721. The van der Waals surface area contributed by atoms with E-state index >= 15 is 0 Å². The van der Waals surface area contributed by atoms with Crippen molar-refractivity contribution in [3.05, 3.63) is 26.5 Å². The normalized spacial score (nSPS) is 11.9. The van der Waals surface area contributed by atoms with E-state index in [1.54, 1.807) is 13.8 Å². The van der Waals surface area contributed by atoms with Crippen molar-refractivity contribution in [2.75, 3.05) is 11.9 Å². The lowest BCUT2D eigenvalue weighted by atomic mass is 10.1. The number of rotatable bonds is 6.